The van der Waals surface area contributed by atoms with E-state index in [9.17, 15) is 9.18 Å². The van der Waals surface area contributed by atoms with E-state index in [-0.39, 0.29) is 11.7 Å². The third kappa shape index (κ3) is 4.62. The minimum absolute atomic E-state index is 0.266. The van der Waals surface area contributed by atoms with Crippen molar-refractivity contribution >= 4 is 34.1 Å². The minimum atomic E-state index is -0.310. The molecule has 0 aliphatic heterocycles. The van der Waals surface area contributed by atoms with Gasteiger partial charge in [-0.15, -0.1) is 10.2 Å². The summed E-state index contributed by atoms with van der Waals surface area (Å²) in [6, 6.07) is 14.6. The molecule has 1 N–H and O–H groups in total. The molecule has 1 heterocycles. The average Bonchev–Trinajstić information content (AvgIpc) is 3.08. The van der Waals surface area contributed by atoms with Crippen LogP contribution in [-0.4, -0.2) is 16.1 Å². The number of carbonyl (C=O) groups is 1. The Morgan fingerprint density at radius 3 is 2.56 bits per heavy atom. The van der Waals surface area contributed by atoms with Crippen LogP contribution >= 0.6 is 23.1 Å². The van der Waals surface area contributed by atoms with Gasteiger partial charge in [-0.25, -0.2) is 4.39 Å². The number of aromatic nitrogens is 2. The fourth-order valence-electron chi connectivity index (χ4n) is 1.91. The normalized spacial score (nSPS) is 10.2. The second kappa shape index (κ2) is 7.88. The molecule has 2 aromatic carbocycles. The zero-order chi connectivity index (χ0) is 17.6. The molecule has 0 aliphatic carbocycles. The highest BCUT2D eigenvalue weighted by atomic mass is 32.2. The van der Waals surface area contributed by atoms with Crippen LogP contribution in [0.1, 0.15) is 21.5 Å². The Balaban J connectivity index is 1.58. The van der Waals surface area contributed by atoms with Crippen LogP contribution in [0.4, 0.5) is 9.52 Å². The third-order valence-electron chi connectivity index (χ3n) is 3.18. The number of nitrogens with one attached hydrogen (secondary N) is 1. The van der Waals surface area contributed by atoms with Crippen molar-refractivity contribution in [3.05, 3.63) is 71.0 Å². The maximum atomic E-state index is 12.9. The first-order chi connectivity index (χ1) is 12.1. The largest absolute Gasteiger partial charge is 0.296 e. The van der Waals surface area contributed by atoms with Gasteiger partial charge in [-0.1, -0.05) is 35.2 Å². The molecule has 3 aromatic rings. The lowest BCUT2D eigenvalue weighted by molar-refractivity contribution is 0.102. The molecule has 0 atom stereocenters. The van der Waals surface area contributed by atoms with E-state index in [4.69, 9.17) is 5.26 Å². The Hall–Kier alpha value is -2.76. The molecule has 1 aromatic heterocycles. The molecule has 0 radical (unpaired) electrons. The Labute approximate surface area is 151 Å². The van der Waals surface area contributed by atoms with Crippen LogP contribution in [0.2, 0.25) is 0 Å². The van der Waals surface area contributed by atoms with Crippen molar-refractivity contribution < 1.29 is 9.18 Å². The SMILES string of the molecule is N#Cc1ccc(C(=O)Nc2nnc(SCc3ccc(F)cc3)s2)cc1. The summed E-state index contributed by atoms with van der Waals surface area (Å²) in [5, 5.41) is 19.8. The number of hydrogen-bond donors (Lipinski definition) is 1. The molecule has 25 heavy (non-hydrogen) atoms. The van der Waals surface area contributed by atoms with E-state index >= 15 is 0 Å². The lowest BCUT2D eigenvalue weighted by Crippen LogP contribution is -2.11. The number of nitriles is 1. The van der Waals surface area contributed by atoms with Crippen molar-refractivity contribution in [2.24, 2.45) is 0 Å². The van der Waals surface area contributed by atoms with Gasteiger partial charge in [0.25, 0.3) is 5.91 Å². The van der Waals surface area contributed by atoms with Crippen molar-refractivity contribution in [3.63, 3.8) is 0 Å². The molecule has 0 unspecified atom stereocenters. The molecule has 124 valence electrons. The summed E-state index contributed by atoms with van der Waals surface area (Å²) in [5.41, 5.74) is 1.91. The molecule has 1 amide bonds. The smallest absolute Gasteiger partial charge is 0.257 e. The first-order valence-electron chi connectivity index (χ1n) is 7.16. The quantitative estimate of drug-likeness (QED) is 0.540. The fraction of sp³-hybridized carbons (Fsp3) is 0.0588. The van der Waals surface area contributed by atoms with Gasteiger partial charge < -0.3 is 0 Å². The maximum Gasteiger partial charge on any atom is 0.257 e. The topological polar surface area (TPSA) is 78.7 Å². The third-order valence-corrected chi connectivity index (χ3v) is 5.22. The summed E-state index contributed by atoms with van der Waals surface area (Å²) in [7, 11) is 0. The molecule has 0 aliphatic rings. The van der Waals surface area contributed by atoms with Gasteiger partial charge >= 0.3 is 0 Å². The number of benzene rings is 2. The Bertz CT molecular complexity index is 917. The molecular formula is C17H11FN4OS2. The summed E-state index contributed by atoms with van der Waals surface area (Å²) < 4.78 is 13.6. The predicted molar refractivity (Wildman–Crippen MR) is 95.0 cm³/mol. The van der Waals surface area contributed by atoms with Gasteiger partial charge in [-0.2, -0.15) is 5.26 Å². The number of halogens is 1. The lowest BCUT2D eigenvalue weighted by atomic mass is 10.1. The Morgan fingerprint density at radius 1 is 1.16 bits per heavy atom. The van der Waals surface area contributed by atoms with Crippen molar-refractivity contribution in [1.29, 1.82) is 5.26 Å². The summed E-state index contributed by atoms with van der Waals surface area (Å²) in [5.74, 6) is 0.0616. The second-order valence-corrected chi connectivity index (χ2v) is 7.13. The van der Waals surface area contributed by atoms with Gasteiger partial charge in [0, 0.05) is 11.3 Å². The fourth-order valence-corrected chi connectivity index (χ4v) is 3.61. The standard InChI is InChI=1S/C17H11FN4OS2/c18-14-7-3-12(4-8-14)10-24-17-22-21-16(25-17)20-15(23)13-5-1-11(9-19)2-6-13/h1-8H,10H2,(H,20,21,23). The summed E-state index contributed by atoms with van der Waals surface area (Å²) in [6.07, 6.45) is 0. The molecule has 0 saturated heterocycles. The number of carbonyl (C=O) groups excluding carboxylic acids is 1. The highest BCUT2D eigenvalue weighted by Crippen LogP contribution is 2.28. The van der Waals surface area contributed by atoms with Crippen LogP contribution in [-0.2, 0) is 5.75 Å². The number of nitrogens with zero attached hydrogens (tertiary/aromatic N) is 3. The van der Waals surface area contributed by atoms with Crippen molar-refractivity contribution in [2.45, 2.75) is 10.1 Å². The first kappa shape index (κ1) is 17.1. The average molecular weight is 370 g/mol. The minimum Gasteiger partial charge on any atom is -0.296 e. The van der Waals surface area contributed by atoms with Crippen molar-refractivity contribution in [3.8, 4) is 6.07 Å². The molecular weight excluding hydrogens is 359 g/mol. The number of amides is 1. The summed E-state index contributed by atoms with van der Waals surface area (Å²) >= 11 is 2.73. The monoisotopic (exact) mass is 370 g/mol. The maximum absolute atomic E-state index is 12.9. The van der Waals surface area contributed by atoms with Crippen LogP contribution in [0, 0.1) is 17.1 Å². The molecule has 3 rings (SSSR count). The molecule has 0 bridgehead atoms. The molecule has 5 nitrogen and oxygen atoms in total. The zero-order valence-corrected chi connectivity index (χ0v) is 14.4. The summed E-state index contributed by atoms with van der Waals surface area (Å²) in [4.78, 5) is 12.1. The van der Waals surface area contributed by atoms with E-state index in [1.54, 1.807) is 36.4 Å². The lowest BCUT2D eigenvalue weighted by Gasteiger charge is -2.00. The predicted octanol–water partition coefficient (Wildman–Crippen LogP) is 4.09. The van der Waals surface area contributed by atoms with Crippen LogP contribution in [0.5, 0.6) is 0 Å². The molecule has 0 fully saturated rings. The highest BCUT2D eigenvalue weighted by Gasteiger charge is 2.11. The number of thioether (sulfide) groups is 1. The second-order valence-electron chi connectivity index (χ2n) is 4.93. The van der Waals surface area contributed by atoms with Crippen LogP contribution < -0.4 is 5.32 Å². The number of anilines is 1. The Kier molecular flexibility index (Phi) is 5.38. The zero-order valence-electron chi connectivity index (χ0n) is 12.8. The molecule has 0 saturated carbocycles. The number of rotatable bonds is 5. The van der Waals surface area contributed by atoms with Gasteiger partial charge in [0.2, 0.25) is 5.13 Å². The van der Waals surface area contributed by atoms with Gasteiger partial charge in [-0.05, 0) is 42.0 Å². The summed E-state index contributed by atoms with van der Waals surface area (Å²) in [6.45, 7) is 0. The van der Waals surface area contributed by atoms with Gasteiger partial charge in [0.05, 0.1) is 11.6 Å². The van der Waals surface area contributed by atoms with Crippen molar-refractivity contribution in [1.82, 2.24) is 10.2 Å². The highest BCUT2D eigenvalue weighted by molar-refractivity contribution is 8.00. The van der Waals surface area contributed by atoms with E-state index in [2.05, 4.69) is 15.5 Å². The first-order valence-corrected chi connectivity index (χ1v) is 8.96. The van der Waals surface area contributed by atoms with E-state index in [1.165, 1.54) is 35.2 Å². The number of hydrogen-bond acceptors (Lipinski definition) is 6. The Morgan fingerprint density at radius 2 is 1.88 bits per heavy atom. The van der Waals surface area contributed by atoms with Crippen LogP contribution in [0.15, 0.2) is 52.9 Å². The van der Waals surface area contributed by atoms with Crippen molar-refractivity contribution in [2.75, 3.05) is 5.32 Å². The van der Waals surface area contributed by atoms with Gasteiger partial charge in [0.1, 0.15) is 5.82 Å². The van der Waals surface area contributed by atoms with E-state index < -0.39 is 0 Å². The van der Waals surface area contributed by atoms with E-state index in [0.717, 1.165) is 5.56 Å². The van der Waals surface area contributed by atoms with E-state index in [1.807, 2.05) is 6.07 Å². The molecule has 8 heteroatoms. The van der Waals surface area contributed by atoms with Crippen LogP contribution in [0.25, 0.3) is 0 Å². The molecule has 0 spiro atoms. The van der Waals surface area contributed by atoms with Gasteiger partial charge in [-0.3, -0.25) is 10.1 Å². The van der Waals surface area contributed by atoms with Crippen LogP contribution in [0.3, 0.4) is 0 Å². The van der Waals surface area contributed by atoms with E-state index in [0.29, 0.717) is 26.4 Å². The van der Waals surface area contributed by atoms with Gasteiger partial charge in [0.15, 0.2) is 4.34 Å².